The number of benzene rings is 2. The van der Waals surface area contributed by atoms with E-state index in [2.05, 4.69) is 24.3 Å². The van der Waals surface area contributed by atoms with E-state index in [1.165, 1.54) is 22.3 Å². The van der Waals surface area contributed by atoms with Gasteiger partial charge in [0.1, 0.15) is 6.61 Å². The summed E-state index contributed by atoms with van der Waals surface area (Å²) in [7, 11) is 0. The van der Waals surface area contributed by atoms with Crippen LogP contribution in [-0.4, -0.2) is 48.7 Å². The third-order valence-corrected chi connectivity index (χ3v) is 7.26. The molecule has 5 nitrogen and oxygen atoms in total. The number of nitrogens with zero attached hydrogens (tertiary/aromatic N) is 1. The van der Waals surface area contributed by atoms with E-state index in [9.17, 15) is 9.59 Å². The van der Waals surface area contributed by atoms with E-state index in [0.717, 1.165) is 5.57 Å². The Labute approximate surface area is 189 Å². The van der Waals surface area contributed by atoms with Gasteiger partial charge in [-0.15, -0.1) is 0 Å². The van der Waals surface area contributed by atoms with Crippen molar-refractivity contribution in [1.29, 1.82) is 0 Å². The van der Waals surface area contributed by atoms with Crippen molar-refractivity contribution >= 4 is 11.9 Å². The fourth-order valence-corrected chi connectivity index (χ4v) is 5.56. The number of hydrogen-bond acceptors (Lipinski definition) is 4. The Morgan fingerprint density at radius 1 is 1.00 bits per heavy atom. The number of hydrogen-bond donors (Lipinski definition) is 0. The normalized spacial score (nSPS) is 24.6. The molecule has 166 valence electrons. The van der Waals surface area contributed by atoms with Crippen LogP contribution in [0.3, 0.4) is 0 Å². The molecule has 0 spiro atoms. The Hall–Kier alpha value is -2.92. The summed E-state index contributed by atoms with van der Waals surface area (Å²) in [5.74, 6) is 0.179. The zero-order valence-corrected chi connectivity index (χ0v) is 18.6. The van der Waals surface area contributed by atoms with Crippen LogP contribution in [0.4, 0.5) is 4.79 Å². The average Bonchev–Trinajstić information content (AvgIpc) is 3.14. The fourth-order valence-electron chi connectivity index (χ4n) is 5.56. The molecule has 0 saturated carbocycles. The third-order valence-electron chi connectivity index (χ3n) is 7.26. The van der Waals surface area contributed by atoms with E-state index >= 15 is 0 Å². The van der Waals surface area contributed by atoms with Crippen LogP contribution in [0.5, 0.6) is 0 Å². The zero-order chi connectivity index (χ0) is 22.2. The third kappa shape index (κ3) is 3.55. The second-order valence-corrected chi connectivity index (χ2v) is 9.06. The number of Topliss-reactive ketones (excluding diaryl/α,β-unsaturated/α-hetero) is 1. The van der Waals surface area contributed by atoms with Crippen molar-refractivity contribution < 1.29 is 19.1 Å². The number of carbonyl (C=O) groups is 2. The highest BCUT2D eigenvalue weighted by Gasteiger charge is 2.44. The first-order valence-electron chi connectivity index (χ1n) is 11.5. The predicted octanol–water partition coefficient (Wildman–Crippen LogP) is 4.95. The van der Waals surface area contributed by atoms with Crippen LogP contribution < -0.4 is 0 Å². The van der Waals surface area contributed by atoms with Crippen molar-refractivity contribution in [2.45, 2.75) is 44.7 Å². The van der Waals surface area contributed by atoms with Crippen LogP contribution in [0.1, 0.15) is 43.7 Å². The smallest absolute Gasteiger partial charge is 0.410 e. The summed E-state index contributed by atoms with van der Waals surface area (Å²) in [5, 5.41) is 0. The van der Waals surface area contributed by atoms with E-state index in [1.54, 1.807) is 0 Å². The largest absolute Gasteiger partial charge is 0.448 e. The van der Waals surface area contributed by atoms with Gasteiger partial charge in [-0.3, -0.25) is 9.69 Å². The first-order chi connectivity index (χ1) is 15.6. The number of rotatable bonds is 4. The minimum Gasteiger partial charge on any atom is -0.448 e. The van der Waals surface area contributed by atoms with Crippen LogP contribution in [0, 0.1) is 5.92 Å². The van der Waals surface area contributed by atoms with Crippen LogP contribution in [0.2, 0.25) is 0 Å². The zero-order valence-electron chi connectivity index (χ0n) is 18.6. The van der Waals surface area contributed by atoms with Crippen molar-refractivity contribution in [2.75, 3.05) is 19.8 Å². The van der Waals surface area contributed by atoms with Gasteiger partial charge in [-0.1, -0.05) is 54.6 Å². The molecule has 3 aliphatic rings. The standard InChI is InChI=1S/C27H29NO4/c1-3-17(2)26(29)18-12-19-14-31-15-20(13-18)28(19)27(30)32-16-25-23-10-6-4-8-21(23)22-9-5-7-11-24(22)25/h3-11,18-20,25H,12-16H2,1-2H3. The minimum absolute atomic E-state index is 0.0406. The lowest BCUT2D eigenvalue weighted by atomic mass is 9.81. The Kier molecular flexibility index (Phi) is 5.60. The highest BCUT2D eigenvalue weighted by atomic mass is 16.6. The maximum absolute atomic E-state index is 13.2. The summed E-state index contributed by atoms with van der Waals surface area (Å²) in [6.07, 6.45) is 2.83. The average molecular weight is 432 g/mol. The Bertz CT molecular complexity index is 1020. The van der Waals surface area contributed by atoms with Gasteiger partial charge in [-0.2, -0.15) is 0 Å². The van der Waals surface area contributed by atoms with Crippen molar-refractivity contribution in [3.8, 4) is 11.1 Å². The quantitative estimate of drug-likeness (QED) is 0.643. The molecule has 2 unspecified atom stereocenters. The van der Waals surface area contributed by atoms with Crippen LogP contribution in [-0.2, 0) is 14.3 Å². The number of ketones is 1. The SMILES string of the molecule is CC=C(C)C(=O)C1CC2COCC(C1)N2C(=O)OCC1c2ccccc2-c2ccccc21. The van der Waals surface area contributed by atoms with Crippen LogP contribution in [0.15, 0.2) is 60.2 Å². The number of ether oxygens (including phenoxy) is 2. The van der Waals surface area contributed by atoms with Crippen LogP contribution >= 0.6 is 0 Å². The van der Waals surface area contributed by atoms with Crippen LogP contribution in [0.25, 0.3) is 11.1 Å². The Morgan fingerprint density at radius 3 is 2.12 bits per heavy atom. The first kappa shape index (κ1) is 21.0. The molecule has 5 rings (SSSR count). The lowest BCUT2D eigenvalue weighted by molar-refractivity contribution is -0.127. The summed E-state index contributed by atoms with van der Waals surface area (Å²) in [6.45, 7) is 4.98. The number of piperidine rings is 1. The molecule has 1 amide bonds. The number of carbonyl (C=O) groups excluding carboxylic acids is 2. The molecule has 2 aromatic rings. The van der Waals surface area contributed by atoms with Crippen molar-refractivity contribution in [3.63, 3.8) is 0 Å². The summed E-state index contributed by atoms with van der Waals surface area (Å²) < 4.78 is 11.6. The first-order valence-corrected chi connectivity index (χ1v) is 11.5. The number of allylic oxidation sites excluding steroid dienone is 2. The molecule has 5 heteroatoms. The molecule has 2 fully saturated rings. The fraction of sp³-hybridized carbons (Fsp3) is 0.407. The maximum atomic E-state index is 13.2. The number of amides is 1. The number of morpholine rings is 1. The van der Waals surface area contributed by atoms with E-state index in [4.69, 9.17) is 9.47 Å². The molecule has 2 heterocycles. The summed E-state index contributed by atoms with van der Waals surface area (Å²) in [6, 6.07) is 16.4. The van der Waals surface area contributed by atoms with Gasteiger partial charge in [0, 0.05) is 11.8 Å². The second-order valence-electron chi connectivity index (χ2n) is 9.06. The van der Waals surface area contributed by atoms with E-state index in [0.29, 0.717) is 32.7 Å². The van der Waals surface area contributed by atoms with Gasteiger partial charge in [-0.05, 0) is 54.5 Å². The lowest BCUT2D eigenvalue weighted by Crippen LogP contribution is -2.60. The Morgan fingerprint density at radius 2 is 1.56 bits per heavy atom. The Balaban J connectivity index is 1.31. The molecule has 0 aromatic heterocycles. The predicted molar refractivity (Wildman–Crippen MR) is 122 cm³/mol. The highest BCUT2D eigenvalue weighted by Crippen LogP contribution is 2.44. The van der Waals surface area contributed by atoms with Crippen molar-refractivity contribution in [1.82, 2.24) is 4.90 Å². The molecule has 2 saturated heterocycles. The molecule has 0 radical (unpaired) electrons. The van der Waals surface area contributed by atoms with Gasteiger partial charge in [0.2, 0.25) is 0 Å². The molecule has 32 heavy (non-hydrogen) atoms. The van der Waals surface area contributed by atoms with Crippen molar-refractivity contribution in [2.24, 2.45) is 5.92 Å². The second kappa shape index (κ2) is 8.55. The van der Waals surface area contributed by atoms with Gasteiger partial charge in [-0.25, -0.2) is 4.79 Å². The van der Waals surface area contributed by atoms with Gasteiger partial charge < -0.3 is 9.47 Å². The van der Waals surface area contributed by atoms with E-state index < -0.39 is 0 Å². The molecule has 2 aromatic carbocycles. The van der Waals surface area contributed by atoms with E-state index in [1.807, 2.05) is 49.1 Å². The highest BCUT2D eigenvalue weighted by molar-refractivity contribution is 5.96. The summed E-state index contributed by atoms with van der Waals surface area (Å²) in [5.41, 5.74) is 5.64. The van der Waals surface area contributed by atoms with Gasteiger partial charge in [0.05, 0.1) is 25.3 Å². The minimum atomic E-state index is -0.293. The van der Waals surface area contributed by atoms with E-state index in [-0.39, 0.29) is 35.8 Å². The number of fused-ring (bicyclic) bond motifs is 5. The molecule has 2 atom stereocenters. The monoisotopic (exact) mass is 431 g/mol. The van der Waals surface area contributed by atoms with Crippen molar-refractivity contribution in [3.05, 3.63) is 71.3 Å². The molecule has 2 aliphatic heterocycles. The molecule has 1 aliphatic carbocycles. The maximum Gasteiger partial charge on any atom is 0.410 e. The summed E-state index contributed by atoms with van der Waals surface area (Å²) >= 11 is 0. The topological polar surface area (TPSA) is 55.8 Å². The molecular formula is C27H29NO4. The molecule has 2 bridgehead atoms. The van der Waals surface area contributed by atoms with Gasteiger partial charge in [0.15, 0.2) is 5.78 Å². The molecule has 0 N–H and O–H groups in total. The van der Waals surface area contributed by atoms with Gasteiger partial charge >= 0.3 is 6.09 Å². The lowest BCUT2D eigenvalue weighted by Gasteiger charge is -2.47. The van der Waals surface area contributed by atoms with Gasteiger partial charge in [0.25, 0.3) is 0 Å². The summed E-state index contributed by atoms with van der Waals surface area (Å²) in [4.78, 5) is 27.8. The molecular weight excluding hydrogens is 402 g/mol.